The molecule has 0 fully saturated rings. The third-order valence-electron chi connectivity index (χ3n) is 3.56. The van der Waals surface area contributed by atoms with Gasteiger partial charge in [0.1, 0.15) is 6.04 Å². The summed E-state index contributed by atoms with van der Waals surface area (Å²) in [4.78, 5) is 23.0. The second-order valence-corrected chi connectivity index (χ2v) is 4.98. The number of rotatable bonds is 6. The van der Waals surface area contributed by atoms with Gasteiger partial charge in [0.05, 0.1) is 18.0 Å². The average molecular weight is 305 g/mol. The Morgan fingerprint density at radius 2 is 2.09 bits per heavy atom. The summed E-state index contributed by atoms with van der Waals surface area (Å²) in [5, 5.41) is 19.8. The van der Waals surface area contributed by atoms with E-state index >= 15 is 0 Å². The van der Waals surface area contributed by atoms with Crippen LogP contribution in [0.3, 0.4) is 0 Å². The summed E-state index contributed by atoms with van der Waals surface area (Å²) in [6.07, 6.45) is 4.52. The number of nitrogens with zero attached hydrogens (tertiary/aromatic N) is 4. The lowest BCUT2D eigenvalue weighted by Gasteiger charge is -2.06. The minimum Gasteiger partial charge on any atom is -0.480 e. The molecule has 1 unspecified atom stereocenters. The van der Waals surface area contributed by atoms with Gasteiger partial charge in [-0.2, -0.15) is 10.2 Å². The molecule has 0 aromatic carbocycles. The van der Waals surface area contributed by atoms with Crippen LogP contribution >= 0.6 is 0 Å². The van der Waals surface area contributed by atoms with Crippen LogP contribution in [0.4, 0.5) is 0 Å². The van der Waals surface area contributed by atoms with Crippen LogP contribution in [0.25, 0.3) is 0 Å². The number of aryl methyl sites for hydroxylation is 1. The summed E-state index contributed by atoms with van der Waals surface area (Å²) < 4.78 is 3.10. The minimum absolute atomic E-state index is 0.299. The molecule has 2 aromatic heterocycles. The summed E-state index contributed by atoms with van der Waals surface area (Å²) in [6, 6.07) is -0.813. The Morgan fingerprint density at radius 1 is 1.36 bits per heavy atom. The molecule has 0 aliphatic heterocycles. The molecule has 0 bridgehead atoms. The lowest BCUT2D eigenvalue weighted by molar-refractivity contribution is -0.140. The van der Waals surface area contributed by atoms with Crippen LogP contribution < -0.4 is 5.32 Å². The summed E-state index contributed by atoms with van der Waals surface area (Å²) in [6.45, 7) is 6.59. The van der Waals surface area contributed by atoms with Gasteiger partial charge in [-0.1, -0.05) is 0 Å². The molecule has 2 N–H and O–H groups in total. The number of carbonyl (C=O) groups excluding carboxylic acids is 1. The van der Waals surface area contributed by atoms with Crippen molar-refractivity contribution in [1.82, 2.24) is 24.9 Å². The summed E-state index contributed by atoms with van der Waals surface area (Å²) in [5.74, 6) is -1.30. The highest BCUT2D eigenvalue weighted by Gasteiger charge is 2.16. The van der Waals surface area contributed by atoms with Crippen molar-refractivity contribution in [1.29, 1.82) is 0 Å². The maximum absolute atomic E-state index is 12.1. The van der Waals surface area contributed by atoms with E-state index in [1.54, 1.807) is 6.20 Å². The fourth-order valence-corrected chi connectivity index (χ4v) is 2.04. The molecule has 0 saturated heterocycles. The van der Waals surface area contributed by atoms with Gasteiger partial charge in [-0.25, -0.2) is 4.79 Å². The first-order valence-electron chi connectivity index (χ1n) is 7.00. The third kappa shape index (κ3) is 3.16. The van der Waals surface area contributed by atoms with Gasteiger partial charge in [0, 0.05) is 30.5 Å². The maximum Gasteiger partial charge on any atom is 0.328 e. The van der Waals surface area contributed by atoms with Crippen LogP contribution in [0.15, 0.2) is 18.6 Å². The Morgan fingerprint density at radius 3 is 2.68 bits per heavy atom. The molecule has 118 valence electrons. The summed E-state index contributed by atoms with van der Waals surface area (Å²) in [5.41, 5.74) is 2.29. The molecule has 0 aliphatic carbocycles. The number of aromatic nitrogens is 4. The van der Waals surface area contributed by atoms with Crippen LogP contribution in [0.5, 0.6) is 0 Å². The standard InChI is InChI=1S/C14H19N5O3/c1-4-18-9(2)11(6-16-18)5-15-13(20)12-7-17-19(8-12)10(3)14(21)22/h6-8,10H,4-5H2,1-3H3,(H,15,20)(H,21,22). The predicted octanol–water partition coefficient (Wildman–Crippen LogP) is 0.984. The highest BCUT2D eigenvalue weighted by atomic mass is 16.4. The van der Waals surface area contributed by atoms with E-state index in [9.17, 15) is 9.59 Å². The number of aliphatic carboxylic acids is 1. The quantitative estimate of drug-likeness (QED) is 0.828. The highest BCUT2D eigenvalue weighted by molar-refractivity contribution is 5.93. The largest absolute Gasteiger partial charge is 0.480 e. The monoisotopic (exact) mass is 305 g/mol. The molecule has 22 heavy (non-hydrogen) atoms. The number of carboxylic acid groups (broad SMARTS) is 1. The van der Waals surface area contributed by atoms with Crippen LogP contribution in [-0.2, 0) is 17.9 Å². The van der Waals surface area contributed by atoms with E-state index in [4.69, 9.17) is 5.11 Å². The minimum atomic E-state index is -1.00. The van der Waals surface area contributed by atoms with Gasteiger partial charge >= 0.3 is 5.97 Å². The Kier molecular flexibility index (Phi) is 4.59. The zero-order valence-electron chi connectivity index (χ0n) is 12.8. The van der Waals surface area contributed by atoms with Crippen molar-refractivity contribution >= 4 is 11.9 Å². The maximum atomic E-state index is 12.1. The number of amides is 1. The molecular weight excluding hydrogens is 286 g/mol. The van der Waals surface area contributed by atoms with Gasteiger partial charge in [0.15, 0.2) is 0 Å². The van der Waals surface area contributed by atoms with Crippen LogP contribution in [0, 0.1) is 6.92 Å². The molecule has 0 radical (unpaired) electrons. The summed E-state index contributed by atoms with van der Waals surface area (Å²) in [7, 11) is 0. The average Bonchev–Trinajstić information content (AvgIpc) is 3.11. The van der Waals surface area contributed by atoms with Crippen molar-refractivity contribution in [2.24, 2.45) is 0 Å². The molecule has 0 saturated carbocycles. The first kappa shape index (κ1) is 15.7. The topological polar surface area (TPSA) is 102 Å². The van der Waals surface area contributed by atoms with E-state index in [0.29, 0.717) is 12.1 Å². The molecule has 8 heteroatoms. The van der Waals surface area contributed by atoms with Crippen molar-refractivity contribution in [3.05, 3.63) is 35.4 Å². The first-order valence-corrected chi connectivity index (χ1v) is 7.00. The molecular formula is C14H19N5O3. The number of hydrogen-bond donors (Lipinski definition) is 2. The van der Waals surface area contributed by atoms with Crippen molar-refractivity contribution in [2.45, 2.75) is 39.9 Å². The lowest BCUT2D eigenvalue weighted by Crippen LogP contribution is -2.23. The van der Waals surface area contributed by atoms with Crippen molar-refractivity contribution in [3.63, 3.8) is 0 Å². The van der Waals surface area contributed by atoms with E-state index in [2.05, 4.69) is 15.5 Å². The van der Waals surface area contributed by atoms with Crippen molar-refractivity contribution < 1.29 is 14.7 Å². The van der Waals surface area contributed by atoms with Gasteiger partial charge in [-0.3, -0.25) is 14.2 Å². The van der Waals surface area contributed by atoms with Gasteiger partial charge in [-0.15, -0.1) is 0 Å². The van der Waals surface area contributed by atoms with E-state index in [1.165, 1.54) is 24.0 Å². The molecule has 2 heterocycles. The van der Waals surface area contributed by atoms with E-state index in [0.717, 1.165) is 17.8 Å². The molecule has 2 rings (SSSR count). The van der Waals surface area contributed by atoms with E-state index < -0.39 is 12.0 Å². The van der Waals surface area contributed by atoms with Gasteiger partial charge in [-0.05, 0) is 20.8 Å². The summed E-state index contributed by atoms with van der Waals surface area (Å²) >= 11 is 0. The number of carbonyl (C=O) groups is 2. The number of carboxylic acids is 1. The first-order chi connectivity index (χ1) is 10.4. The zero-order valence-corrected chi connectivity index (χ0v) is 12.8. The van der Waals surface area contributed by atoms with Crippen LogP contribution in [0.1, 0.15) is 41.5 Å². The number of nitrogens with one attached hydrogen (secondary N) is 1. The molecule has 2 aromatic rings. The lowest BCUT2D eigenvalue weighted by atomic mass is 10.2. The Labute approximate surface area is 127 Å². The van der Waals surface area contributed by atoms with Gasteiger partial charge < -0.3 is 10.4 Å². The zero-order chi connectivity index (χ0) is 16.3. The third-order valence-corrected chi connectivity index (χ3v) is 3.56. The fourth-order valence-electron chi connectivity index (χ4n) is 2.04. The number of hydrogen-bond acceptors (Lipinski definition) is 4. The van der Waals surface area contributed by atoms with Crippen molar-refractivity contribution in [3.8, 4) is 0 Å². The molecule has 8 nitrogen and oxygen atoms in total. The van der Waals surface area contributed by atoms with Crippen LogP contribution in [0.2, 0.25) is 0 Å². The van der Waals surface area contributed by atoms with E-state index in [-0.39, 0.29) is 5.91 Å². The van der Waals surface area contributed by atoms with Gasteiger partial charge in [0.25, 0.3) is 5.91 Å². The van der Waals surface area contributed by atoms with Gasteiger partial charge in [0.2, 0.25) is 0 Å². The Balaban J connectivity index is 2.00. The second-order valence-electron chi connectivity index (χ2n) is 4.98. The fraction of sp³-hybridized carbons (Fsp3) is 0.429. The van der Waals surface area contributed by atoms with Crippen LogP contribution in [-0.4, -0.2) is 36.5 Å². The normalized spacial score (nSPS) is 12.1. The highest BCUT2D eigenvalue weighted by Crippen LogP contribution is 2.09. The molecule has 0 spiro atoms. The Hall–Kier alpha value is -2.64. The SMILES string of the molecule is CCn1ncc(CNC(=O)c2cnn(C(C)C(=O)O)c2)c1C. The van der Waals surface area contributed by atoms with E-state index in [1.807, 2.05) is 18.5 Å². The van der Waals surface area contributed by atoms with Crippen molar-refractivity contribution in [2.75, 3.05) is 0 Å². The molecule has 1 atom stereocenters. The predicted molar refractivity (Wildman–Crippen MR) is 78.4 cm³/mol. The molecule has 0 aliphatic rings. The smallest absolute Gasteiger partial charge is 0.328 e. The molecule has 1 amide bonds. The Bertz CT molecular complexity index is 688. The second kappa shape index (κ2) is 6.42.